The average Bonchev–Trinajstić information content (AvgIpc) is 2.83. The number of alkyl halides is 2. The number of unbranched alkanes of at least 4 members (excludes halogenated alkanes) is 1. The number of benzene rings is 1. The number of carboxylic acids is 1. The van der Waals surface area contributed by atoms with Gasteiger partial charge in [-0.1, -0.05) is 13.8 Å². The van der Waals surface area contributed by atoms with Gasteiger partial charge in [0.1, 0.15) is 17.3 Å². The Morgan fingerprint density at radius 1 is 1.21 bits per heavy atom. The molecule has 3 fully saturated rings. The summed E-state index contributed by atoms with van der Waals surface area (Å²) in [6.45, 7) is 2.93. The molecule has 0 heterocycles. The summed E-state index contributed by atoms with van der Waals surface area (Å²) in [6, 6.07) is 1.31. The Hall–Kier alpha value is -4.10. The first-order chi connectivity index (χ1) is 18.2. The Bertz CT molecular complexity index is 1210. The molecule has 0 spiro atoms. The zero-order valence-electron chi connectivity index (χ0n) is 21.1. The minimum absolute atomic E-state index is 0.00744. The van der Waals surface area contributed by atoms with Crippen LogP contribution in [0.4, 0.5) is 8.78 Å². The van der Waals surface area contributed by atoms with E-state index < -0.39 is 63.9 Å². The Morgan fingerprint density at radius 3 is 2.46 bits per heavy atom. The third-order valence-electron chi connectivity index (χ3n) is 7.29. The molecular formula is C25H27F2NO11. The zero-order chi connectivity index (χ0) is 29.1. The molecule has 0 aromatic heterocycles. The van der Waals surface area contributed by atoms with Crippen molar-refractivity contribution in [1.29, 1.82) is 0 Å². The Labute approximate surface area is 220 Å². The minimum Gasteiger partial charge on any atom is -0.508 e. The second kappa shape index (κ2) is 11.3. The van der Waals surface area contributed by atoms with Crippen LogP contribution < -0.4 is 4.74 Å². The number of carboxylic acid groups (broad SMARTS) is 1. The van der Waals surface area contributed by atoms with Crippen LogP contribution in [-0.2, 0) is 34.7 Å². The van der Waals surface area contributed by atoms with Crippen molar-refractivity contribution in [2.75, 3.05) is 13.2 Å². The molecule has 39 heavy (non-hydrogen) atoms. The van der Waals surface area contributed by atoms with Crippen molar-refractivity contribution >= 4 is 23.7 Å². The summed E-state index contributed by atoms with van der Waals surface area (Å²) < 4.78 is 39.8. The van der Waals surface area contributed by atoms with E-state index in [0.717, 1.165) is 0 Å². The van der Waals surface area contributed by atoms with Gasteiger partial charge >= 0.3 is 23.8 Å². The predicted octanol–water partition coefficient (Wildman–Crippen LogP) is 3.28. The number of carbonyl (C=O) groups is 4. The summed E-state index contributed by atoms with van der Waals surface area (Å²) in [5.74, 6) is -11.4. The summed E-state index contributed by atoms with van der Waals surface area (Å²) in [5.41, 5.74) is -1.59. The third kappa shape index (κ3) is 6.32. The van der Waals surface area contributed by atoms with E-state index in [2.05, 4.69) is 9.57 Å². The molecule has 1 aromatic rings. The summed E-state index contributed by atoms with van der Waals surface area (Å²) in [6.07, 6.45) is 1.53. The van der Waals surface area contributed by atoms with Crippen LogP contribution in [0.2, 0.25) is 0 Å². The molecule has 3 aliphatic carbocycles. The normalized spacial score (nSPS) is 21.6. The molecule has 12 nitrogen and oxygen atoms in total. The van der Waals surface area contributed by atoms with Crippen LogP contribution in [0.5, 0.6) is 11.5 Å². The fourth-order valence-corrected chi connectivity index (χ4v) is 5.24. The van der Waals surface area contributed by atoms with Gasteiger partial charge in [0.05, 0.1) is 13.2 Å². The molecule has 2 N–H and O–H groups in total. The van der Waals surface area contributed by atoms with Crippen LogP contribution >= 0.6 is 0 Å². The number of ketones is 1. The molecule has 3 aliphatic rings. The monoisotopic (exact) mass is 555 g/mol. The fraction of sp³-hybridized carbons (Fsp3) is 0.520. The number of esters is 2. The van der Waals surface area contributed by atoms with Crippen molar-refractivity contribution in [1.82, 2.24) is 0 Å². The largest absolute Gasteiger partial charge is 0.508 e. The van der Waals surface area contributed by atoms with E-state index in [4.69, 9.17) is 9.84 Å². The number of hydrogen-bond donors (Lipinski definition) is 2. The Morgan fingerprint density at radius 2 is 1.87 bits per heavy atom. The molecule has 14 heteroatoms. The number of hydrogen-bond acceptors (Lipinski definition) is 10. The van der Waals surface area contributed by atoms with Gasteiger partial charge in [-0.2, -0.15) is 8.78 Å². The van der Waals surface area contributed by atoms with Gasteiger partial charge in [0, 0.05) is 41.5 Å². The fourth-order valence-electron chi connectivity index (χ4n) is 5.24. The molecule has 0 saturated heterocycles. The average molecular weight is 555 g/mol. The molecule has 3 atom stereocenters. The van der Waals surface area contributed by atoms with Crippen LogP contribution in [0.25, 0.3) is 0 Å². The molecule has 212 valence electrons. The van der Waals surface area contributed by atoms with E-state index in [1.165, 1.54) is 0 Å². The maximum atomic E-state index is 15.0. The Kier molecular flexibility index (Phi) is 8.56. The molecule has 4 rings (SSSR count). The number of ether oxygens (including phenoxy) is 2. The van der Waals surface area contributed by atoms with Gasteiger partial charge in [-0.15, -0.1) is 10.1 Å². The minimum atomic E-state index is -4.31. The standard InChI is InChI=1S/C25H27F2NO11/c1-24(2)15-12-16(24)17(29)11-14(15)22-18(30)9-13(10-19(22)39-21(33)6-5-20(31)32)25(26,27)23(34)37-7-3-4-8-38-28(35)36/h5-6,9-10,14-16,30H,3-4,7-8,11-12H2,1-2H3,(H,31,32)/b6-5+/t14-,15-,16+/m0/s1. The lowest BCUT2D eigenvalue weighted by atomic mass is 9.44. The molecule has 0 radical (unpaired) electrons. The summed E-state index contributed by atoms with van der Waals surface area (Å²) >= 11 is 0. The van der Waals surface area contributed by atoms with Gasteiger partial charge < -0.3 is 24.5 Å². The van der Waals surface area contributed by atoms with Crippen molar-refractivity contribution in [3.05, 3.63) is 45.5 Å². The van der Waals surface area contributed by atoms with Crippen molar-refractivity contribution in [2.45, 2.75) is 51.4 Å². The first kappa shape index (κ1) is 29.5. The Balaban J connectivity index is 1.89. The summed E-state index contributed by atoms with van der Waals surface area (Å²) in [7, 11) is 0. The maximum Gasteiger partial charge on any atom is 0.381 e. The van der Waals surface area contributed by atoms with Gasteiger partial charge in [-0.25, -0.2) is 14.4 Å². The lowest BCUT2D eigenvalue weighted by molar-refractivity contribution is -0.757. The van der Waals surface area contributed by atoms with Crippen LogP contribution in [0.1, 0.15) is 56.6 Å². The second-order valence-electron chi connectivity index (χ2n) is 9.97. The van der Waals surface area contributed by atoms with E-state index >= 15 is 8.78 Å². The van der Waals surface area contributed by atoms with E-state index in [0.29, 0.717) is 30.7 Å². The van der Waals surface area contributed by atoms with E-state index in [1.54, 1.807) is 0 Å². The summed E-state index contributed by atoms with van der Waals surface area (Å²) in [4.78, 5) is 62.1. The second-order valence-corrected chi connectivity index (χ2v) is 9.97. The maximum absolute atomic E-state index is 15.0. The third-order valence-corrected chi connectivity index (χ3v) is 7.29. The number of fused-ring (bicyclic) bond motifs is 2. The summed E-state index contributed by atoms with van der Waals surface area (Å²) in [5, 5.41) is 28.7. The van der Waals surface area contributed by atoms with Gasteiger partial charge in [0.25, 0.3) is 5.09 Å². The first-order valence-corrected chi connectivity index (χ1v) is 12.0. The van der Waals surface area contributed by atoms with Crippen molar-refractivity contribution < 1.29 is 57.6 Å². The van der Waals surface area contributed by atoms with Gasteiger partial charge in [0.15, 0.2) is 0 Å². The van der Waals surface area contributed by atoms with Crippen LogP contribution in [0.3, 0.4) is 0 Å². The van der Waals surface area contributed by atoms with Crippen LogP contribution in [0, 0.1) is 27.4 Å². The van der Waals surface area contributed by atoms with Crippen molar-refractivity contribution in [3.63, 3.8) is 0 Å². The number of phenolic OH excluding ortho intramolecular Hbond substituents is 1. The number of nitrogens with zero attached hydrogens (tertiary/aromatic N) is 1. The molecule has 0 aliphatic heterocycles. The number of phenols is 1. The van der Waals surface area contributed by atoms with Crippen LogP contribution in [0.15, 0.2) is 24.3 Å². The lowest BCUT2D eigenvalue weighted by Gasteiger charge is -2.59. The molecule has 2 bridgehead atoms. The molecule has 0 unspecified atom stereocenters. The highest BCUT2D eigenvalue weighted by atomic mass is 19.3. The number of halogens is 2. The van der Waals surface area contributed by atoms with Gasteiger partial charge in [-0.05, 0) is 42.7 Å². The number of Topliss-reactive ketones (excluding diaryl/α,β-unsaturated/α-hetero) is 1. The SMILES string of the molecule is CC1(C)[C@@H]2C[C@H]1[C@@H](c1c(O)cc(C(F)(F)C(=O)OCCCCO[N+](=O)[O-])cc1OC(=O)/C=C/C(=O)O)CC2=O. The molecule has 0 amide bonds. The number of aromatic hydroxyl groups is 1. The zero-order valence-corrected chi connectivity index (χ0v) is 21.1. The highest BCUT2D eigenvalue weighted by molar-refractivity contribution is 5.92. The molecule has 1 aromatic carbocycles. The highest BCUT2D eigenvalue weighted by Gasteiger charge is 2.59. The van der Waals surface area contributed by atoms with E-state index in [-0.39, 0.29) is 49.1 Å². The highest BCUT2D eigenvalue weighted by Crippen LogP contribution is 2.64. The van der Waals surface area contributed by atoms with Crippen molar-refractivity contribution in [3.8, 4) is 11.5 Å². The quantitative estimate of drug-likeness (QED) is 0.0965. The smallest absolute Gasteiger partial charge is 0.381 e. The van der Waals surface area contributed by atoms with Gasteiger partial charge in [0.2, 0.25) is 0 Å². The predicted molar refractivity (Wildman–Crippen MR) is 125 cm³/mol. The van der Waals surface area contributed by atoms with Gasteiger partial charge in [-0.3, -0.25) is 4.79 Å². The number of rotatable bonds is 12. The number of aliphatic carboxylic acids is 1. The lowest BCUT2D eigenvalue weighted by Crippen LogP contribution is -2.56. The topological polar surface area (TPSA) is 180 Å². The van der Waals surface area contributed by atoms with E-state index in [1.807, 2.05) is 13.8 Å². The van der Waals surface area contributed by atoms with Crippen LogP contribution in [-0.4, -0.2) is 52.2 Å². The van der Waals surface area contributed by atoms with E-state index in [9.17, 15) is 34.4 Å². The molecular weight excluding hydrogens is 528 g/mol. The number of carbonyl (C=O) groups excluding carboxylic acids is 3. The first-order valence-electron chi connectivity index (χ1n) is 12.0. The van der Waals surface area contributed by atoms with Crippen molar-refractivity contribution in [2.24, 2.45) is 17.3 Å². The molecule has 3 saturated carbocycles.